The summed E-state index contributed by atoms with van der Waals surface area (Å²) < 4.78 is 32.4. The number of carboxylic acid groups (broad SMARTS) is 1. The van der Waals surface area contributed by atoms with E-state index in [0.29, 0.717) is 13.1 Å². The number of amides is 1. The molecular formula is C17H22N2O6S. The summed E-state index contributed by atoms with van der Waals surface area (Å²) in [6.45, 7) is 3.74. The fraction of sp³-hybridized carbons (Fsp3) is 0.529. The number of hydrogen-bond acceptors (Lipinski definition) is 5. The zero-order valence-electron chi connectivity index (χ0n) is 14.8. The lowest BCUT2D eigenvalue weighted by Gasteiger charge is -2.35. The van der Waals surface area contributed by atoms with Gasteiger partial charge in [-0.3, -0.25) is 4.79 Å². The monoisotopic (exact) mass is 382 g/mol. The van der Waals surface area contributed by atoms with Crippen molar-refractivity contribution >= 4 is 21.9 Å². The number of nitrogens with zero attached hydrogens (tertiary/aromatic N) is 2. The Morgan fingerprint density at radius 3 is 2.19 bits per heavy atom. The second kappa shape index (κ2) is 6.88. The van der Waals surface area contributed by atoms with Crippen LogP contribution < -0.4 is 0 Å². The number of carboxylic acids is 1. The lowest BCUT2D eigenvalue weighted by molar-refractivity contribution is -0.136. The van der Waals surface area contributed by atoms with Crippen molar-refractivity contribution in [3.05, 3.63) is 29.2 Å². The summed E-state index contributed by atoms with van der Waals surface area (Å²) in [6.07, 6.45) is 5.43. The van der Waals surface area contributed by atoms with Crippen LogP contribution in [-0.4, -0.2) is 60.8 Å². The molecular weight excluding hydrogens is 360 g/mol. The minimum absolute atomic E-state index is 0.0458. The highest BCUT2D eigenvalue weighted by Gasteiger charge is 2.38. The normalized spacial score (nSPS) is 19.2. The topological polar surface area (TPSA) is 108 Å². The summed E-state index contributed by atoms with van der Waals surface area (Å²) in [5, 5.41) is 9.36. The number of carbonyl (C=O) groups is 2. The Labute approximate surface area is 152 Å². The van der Waals surface area contributed by atoms with Gasteiger partial charge in [0.25, 0.3) is 0 Å². The zero-order chi connectivity index (χ0) is 19.1. The van der Waals surface area contributed by atoms with E-state index < -0.39 is 16.0 Å². The molecule has 0 aromatic carbocycles. The molecule has 1 aliphatic carbocycles. The highest BCUT2D eigenvalue weighted by atomic mass is 32.2. The van der Waals surface area contributed by atoms with Crippen molar-refractivity contribution in [3.8, 4) is 0 Å². The Balaban J connectivity index is 1.77. The van der Waals surface area contributed by atoms with Crippen molar-refractivity contribution in [1.29, 1.82) is 0 Å². The first-order chi connectivity index (χ1) is 12.2. The third kappa shape index (κ3) is 3.16. The highest BCUT2D eigenvalue weighted by molar-refractivity contribution is 7.89. The van der Waals surface area contributed by atoms with Crippen LogP contribution in [0.5, 0.6) is 0 Å². The molecule has 1 aromatic heterocycles. The Kier molecular flexibility index (Phi) is 4.94. The molecule has 26 heavy (non-hydrogen) atoms. The van der Waals surface area contributed by atoms with E-state index in [4.69, 9.17) is 4.42 Å². The van der Waals surface area contributed by atoms with Crippen LogP contribution in [0.25, 0.3) is 0 Å². The molecule has 0 spiro atoms. The van der Waals surface area contributed by atoms with Gasteiger partial charge in [-0.1, -0.05) is 12.2 Å². The molecule has 1 fully saturated rings. The molecule has 0 bridgehead atoms. The molecule has 0 saturated carbocycles. The number of piperazine rings is 1. The number of furan rings is 1. The predicted molar refractivity (Wildman–Crippen MR) is 92.3 cm³/mol. The van der Waals surface area contributed by atoms with Gasteiger partial charge < -0.3 is 14.4 Å². The van der Waals surface area contributed by atoms with Gasteiger partial charge in [-0.2, -0.15) is 4.31 Å². The van der Waals surface area contributed by atoms with Crippen LogP contribution in [0.2, 0.25) is 0 Å². The third-order valence-corrected chi connectivity index (χ3v) is 6.98. The van der Waals surface area contributed by atoms with Crippen LogP contribution in [0.4, 0.5) is 0 Å². The van der Waals surface area contributed by atoms with Gasteiger partial charge in [0.2, 0.25) is 15.9 Å². The van der Waals surface area contributed by atoms with Gasteiger partial charge >= 0.3 is 5.97 Å². The van der Waals surface area contributed by atoms with Crippen molar-refractivity contribution in [3.63, 3.8) is 0 Å². The van der Waals surface area contributed by atoms with Crippen molar-refractivity contribution in [2.45, 2.75) is 31.6 Å². The van der Waals surface area contributed by atoms with E-state index in [1.54, 1.807) is 4.90 Å². The molecule has 0 radical (unpaired) electrons. The number of aryl methyl sites for hydroxylation is 2. The molecule has 1 aromatic rings. The van der Waals surface area contributed by atoms with Crippen molar-refractivity contribution in [1.82, 2.24) is 9.21 Å². The van der Waals surface area contributed by atoms with Crippen LogP contribution in [-0.2, 0) is 14.8 Å². The maximum absolute atomic E-state index is 13.0. The van der Waals surface area contributed by atoms with Gasteiger partial charge in [0.1, 0.15) is 22.0 Å². The van der Waals surface area contributed by atoms with Gasteiger partial charge in [-0.15, -0.1) is 0 Å². The first-order valence-electron chi connectivity index (χ1n) is 8.50. The van der Waals surface area contributed by atoms with Gasteiger partial charge in [0, 0.05) is 32.1 Å². The molecule has 1 saturated heterocycles. The summed E-state index contributed by atoms with van der Waals surface area (Å²) in [6, 6.07) is 0. The van der Waals surface area contributed by atoms with Crippen LogP contribution >= 0.6 is 0 Å². The minimum Gasteiger partial charge on any atom is -0.478 e. The Hall–Kier alpha value is -2.13. The lowest BCUT2D eigenvalue weighted by Crippen LogP contribution is -2.51. The molecule has 2 heterocycles. The first kappa shape index (κ1) is 18.7. The standard InChI is InChI=1S/C17H22N2O6S/c1-11-14(17(21)22)15(12(2)25-11)26(23,24)19-9-7-18(8-10-19)16(20)13-5-3-4-6-13/h3-4,13H,5-10H2,1-2H3,(H,21,22). The number of carbonyl (C=O) groups excluding carboxylic acids is 1. The van der Waals surface area contributed by atoms with E-state index in [1.165, 1.54) is 18.2 Å². The average Bonchev–Trinajstić information content (AvgIpc) is 3.22. The second-order valence-corrected chi connectivity index (χ2v) is 8.47. The van der Waals surface area contributed by atoms with Crippen LogP contribution in [0.1, 0.15) is 34.7 Å². The quantitative estimate of drug-likeness (QED) is 0.789. The SMILES string of the molecule is Cc1oc(C)c(S(=O)(=O)N2CCN(C(=O)C3CC=CC3)CC2)c1C(=O)O. The summed E-state index contributed by atoms with van der Waals surface area (Å²) in [5.41, 5.74) is -0.321. The number of allylic oxidation sites excluding steroid dienone is 2. The number of aromatic carboxylic acids is 1. The molecule has 1 aliphatic heterocycles. The fourth-order valence-electron chi connectivity index (χ4n) is 3.58. The maximum atomic E-state index is 13.0. The summed E-state index contributed by atoms with van der Waals surface area (Å²) in [4.78, 5) is 25.3. The molecule has 2 aliphatic rings. The van der Waals surface area contributed by atoms with Gasteiger partial charge in [0.15, 0.2) is 0 Å². The predicted octanol–water partition coefficient (Wildman–Crippen LogP) is 1.39. The van der Waals surface area contributed by atoms with Gasteiger partial charge in [-0.25, -0.2) is 13.2 Å². The van der Waals surface area contributed by atoms with Crippen molar-refractivity contribution in [2.75, 3.05) is 26.2 Å². The molecule has 3 rings (SSSR count). The fourth-order valence-corrected chi connectivity index (χ4v) is 5.37. The molecule has 0 atom stereocenters. The number of rotatable bonds is 4. The first-order valence-corrected chi connectivity index (χ1v) is 9.94. The van der Waals surface area contributed by atoms with E-state index in [0.717, 1.165) is 12.8 Å². The number of sulfonamides is 1. The summed E-state index contributed by atoms with van der Waals surface area (Å²) >= 11 is 0. The molecule has 1 amide bonds. The smallest absolute Gasteiger partial charge is 0.340 e. The summed E-state index contributed by atoms with van der Waals surface area (Å²) in [5.74, 6) is -1.20. The average molecular weight is 382 g/mol. The third-order valence-electron chi connectivity index (χ3n) is 4.92. The molecule has 1 N–H and O–H groups in total. The lowest BCUT2D eigenvalue weighted by atomic mass is 10.1. The Morgan fingerprint density at radius 1 is 1.08 bits per heavy atom. The Morgan fingerprint density at radius 2 is 1.65 bits per heavy atom. The Bertz CT molecular complexity index is 854. The minimum atomic E-state index is -4.01. The largest absolute Gasteiger partial charge is 0.478 e. The van der Waals surface area contributed by atoms with E-state index in [2.05, 4.69) is 0 Å². The van der Waals surface area contributed by atoms with Crippen molar-refractivity contribution in [2.24, 2.45) is 5.92 Å². The molecule has 9 heteroatoms. The molecule has 0 unspecified atom stereocenters. The van der Waals surface area contributed by atoms with Crippen molar-refractivity contribution < 1.29 is 27.5 Å². The van der Waals surface area contributed by atoms with E-state index >= 15 is 0 Å². The second-order valence-electron chi connectivity index (χ2n) is 6.59. The highest BCUT2D eigenvalue weighted by Crippen LogP contribution is 2.30. The zero-order valence-corrected chi connectivity index (χ0v) is 15.6. The summed E-state index contributed by atoms with van der Waals surface area (Å²) in [7, 11) is -4.01. The number of hydrogen-bond donors (Lipinski definition) is 1. The van der Waals surface area contributed by atoms with Crippen LogP contribution in [0.15, 0.2) is 21.5 Å². The molecule has 8 nitrogen and oxygen atoms in total. The molecule has 142 valence electrons. The maximum Gasteiger partial charge on any atom is 0.340 e. The van der Waals surface area contributed by atoms with Gasteiger partial charge in [0.05, 0.1) is 0 Å². The van der Waals surface area contributed by atoms with Crippen LogP contribution in [0.3, 0.4) is 0 Å². The van der Waals surface area contributed by atoms with E-state index in [-0.39, 0.29) is 46.9 Å². The van der Waals surface area contributed by atoms with E-state index in [9.17, 15) is 23.1 Å². The van der Waals surface area contributed by atoms with E-state index in [1.807, 2.05) is 12.2 Å². The van der Waals surface area contributed by atoms with Crippen LogP contribution in [0, 0.1) is 19.8 Å². The van der Waals surface area contributed by atoms with Gasteiger partial charge in [-0.05, 0) is 26.7 Å².